The molecule has 0 aliphatic rings. The quantitative estimate of drug-likeness (QED) is 0.573. The summed E-state index contributed by atoms with van der Waals surface area (Å²) in [6.45, 7) is 9.14. The van der Waals surface area contributed by atoms with Crippen molar-refractivity contribution in [1.82, 2.24) is 10.2 Å². The van der Waals surface area contributed by atoms with Gasteiger partial charge in [0.05, 0.1) is 11.9 Å². The Kier molecular flexibility index (Phi) is 9.05. The van der Waals surface area contributed by atoms with Crippen molar-refractivity contribution in [2.24, 2.45) is 0 Å². The summed E-state index contributed by atoms with van der Waals surface area (Å²) in [7, 11) is -3.74. The number of carbonyl (C=O) groups is 2. The number of rotatable bonds is 10. The average molecular weight is 474 g/mol. The zero-order valence-corrected chi connectivity index (χ0v) is 21.1. The van der Waals surface area contributed by atoms with E-state index in [1.54, 1.807) is 25.1 Å². The summed E-state index contributed by atoms with van der Waals surface area (Å²) in [6.07, 6.45) is 1.49. The molecule has 0 unspecified atom stereocenters. The van der Waals surface area contributed by atoms with Gasteiger partial charge in [0.2, 0.25) is 21.8 Å². The molecule has 0 saturated carbocycles. The van der Waals surface area contributed by atoms with Gasteiger partial charge in [0.1, 0.15) is 12.6 Å². The Hall–Kier alpha value is -2.87. The molecule has 0 heterocycles. The molecule has 2 aromatic rings. The predicted octanol–water partition coefficient (Wildman–Crippen LogP) is 3.40. The number of nitrogens with one attached hydrogen (secondary N) is 1. The van der Waals surface area contributed by atoms with Crippen molar-refractivity contribution in [2.75, 3.05) is 17.1 Å². The maximum absolute atomic E-state index is 13.6. The van der Waals surface area contributed by atoms with Crippen LogP contribution in [0.3, 0.4) is 0 Å². The van der Waals surface area contributed by atoms with E-state index < -0.39 is 22.0 Å². The summed E-state index contributed by atoms with van der Waals surface area (Å²) < 4.78 is 26.4. The highest BCUT2D eigenvalue weighted by molar-refractivity contribution is 7.92. The van der Waals surface area contributed by atoms with Gasteiger partial charge in [0, 0.05) is 12.6 Å². The van der Waals surface area contributed by atoms with Crippen LogP contribution in [0.25, 0.3) is 0 Å². The largest absolute Gasteiger partial charge is 0.352 e. The van der Waals surface area contributed by atoms with Gasteiger partial charge in [-0.05, 0) is 51.3 Å². The van der Waals surface area contributed by atoms with Gasteiger partial charge < -0.3 is 10.2 Å². The summed E-state index contributed by atoms with van der Waals surface area (Å²) >= 11 is 0. The fourth-order valence-electron chi connectivity index (χ4n) is 3.75. The zero-order chi connectivity index (χ0) is 24.8. The maximum atomic E-state index is 13.6. The van der Waals surface area contributed by atoms with Crippen LogP contribution in [0.5, 0.6) is 0 Å². The molecule has 180 valence electrons. The van der Waals surface area contributed by atoms with Crippen LogP contribution < -0.4 is 9.62 Å². The predicted molar refractivity (Wildman–Crippen MR) is 132 cm³/mol. The molecule has 0 bridgehead atoms. The molecule has 0 aliphatic carbocycles. The first kappa shape index (κ1) is 26.4. The first-order chi connectivity index (χ1) is 15.4. The van der Waals surface area contributed by atoms with Crippen molar-refractivity contribution >= 4 is 27.5 Å². The van der Waals surface area contributed by atoms with Crippen LogP contribution in [0.1, 0.15) is 43.9 Å². The van der Waals surface area contributed by atoms with Crippen LogP contribution in [0.15, 0.2) is 48.5 Å². The van der Waals surface area contributed by atoms with Crippen molar-refractivity contribution in [1.29, 1.82) is 0 Å². The molecule has 1 atom stereocenters. The normalized spacial score (nSPS) is 12.3. The van der Waals surface area contributed by atoms with E-state index in [4.69, 9.17) is 0 Å². The van der Waals surface area contributed by atoms with E-state index in [2.05, 4.69) is 5.32 Å². The third-order valence-electron chi connectivity index (χ3n) is 5.32. The Morgan fingerprint density at radius 3 is 2.24 bits per heavy atom. The summed E-state index contributed by atoms with van der Waals surface area (Å²) in [5.74, 6) is -0.689. The number of anilines is 1. The van der Waals surface area contributed by atoms with Crippen molar-refractivity contribution in [3.05, 3.63) is 65.2 Å². The number of para-hydroxylation sites is 1. The van der Waals surface area contributed by atoms with Gasteiger partial charge in [-0.15, -0.1) is 0 Å². The second-order valence-electron chi connectivity index (χ2n) is 8.65. The molecule has 2 rings (SSSR count). The lowest BCUT2D eigenvalue weighted by Crippen LogP contribution is -2.53. The van der Waals surface area contributed by atoms with E-state index >= 15 is 0 Å². The van der Waals surface area contributed by atoms with Crippen LogP contribution in [-0.4, -0.2) is 50.0 Å². The number of benzene rings is 2. The van der Waals surface area contributed by atoms with Crippen molar-refractivity contribution < 1.29 is 18.0 Å². The minimum Gasteiger partial charge on any atom is -0.352 e. The highest BCUT2D eigenvalue weighted by Gasteiger charge is 2.32. The molecule has 0 aromatic heterocycles. The first-order valence-electron chi connectivity index (χ1n) is 11.1. The molecule has 8 heteroatoms. The summed E-state index contributed by atoms with van der Waals surface area (Å²) in [6, 6.07) is 13.9. The lowest BCUT2D eigenvalue weighted by molar-refractivity contribution is -0.140. The van der Waals surface area contributed by atoms with E-state index in [9.17, 15) is 18.0 Å². The lowest BCUT2D eigenvalue weighted by Gasteiger charge is -2.33. The van der Waals surface area contributed by atoms with Gasteiger partial charge in [0.25, 0.3) is 0 Å². The standard InChI is InChI=1S/C25H35N3O4S/c1-7-22(25(30)26-18(2)3)27(16-21-13-10-11-19(4)15-21)24(29)17-28(33(6,31)32)23-14-9-8-12-20(23)5/h8-15,18,22H,7,16-17H2,1-6H3,(H,26,30)/t22-/m0/s1. The Morgan fingerprint density at radius 1 is 1.03 bits per heavy atom. The Morgan fingerprint density at radius 2 is 1.70 bits per heavy atom. The summed E-state index contributed by atoms with van der Waals surface area (Å²) in [4.78, 5) is 28.1. The summed E-state index contributed by atoms with van der Waals surface area (Å²) in [5.41, 5.74) is 3.10. The number of hydrogen-bond acceptors (Lipinski definition) is 4. The molecule has 0 radical (unpaired) electrons. The van der Waals surface area contributed by atoms with Crippen molar-refractivity contribution in [3.8, 4) is 0 Å². The van der Waals surface area contributed by atoms with Gasteiger partial charge in [-0.3, -0.25) is 13.9 Å². The topological polar surface area (TPSA) is 86.8 Å². The number of hydrogen-bond donors (Lipinski definition) is 1. The Balaban J connectivity index is 2.46. The Labute approximate surface area is 197 Å². The number of amides is 2. The van der Waals surface area contributed by atoms with Gasteiger partial charge >= 0.3 is 0 Å². The fourth-order valence-corrected chi connectivity index (χ4v) is 4.65. The molecule has 0 spiro atoms. The molecule has 7 nitrogen and oxygen atoms in total. The molecule has 33 heavy (non-hydrogen) atoms. The molecule has 0 aliphatic heterocycles. The maximum Gasteiger partial charge on any atom is 0.244 e. The second kappa shape index (κ2) is 11.3. The number of sulfonamides is 1. The number of aryl methyl sites for hydroxylation is 2. The van der Waals surface area contributed by atoms with Crippen LogP contribution in [0, 0.1) is 13.8 Å². The zero-order valence-electron chi connectivity index (χ0n) is 20.3. The number of nitrogens with zero attached hydrogens (tertiary/aromatic N) is 2. The third kappa shape index (κ3) is 7.32. The summed E-state index contributed by atoms with van der Waals surface area (Å²) in [5, 5.41) is 2.89. The van der Waals surface area contributed by atoms with E-state index in [1.807, 2.05) is 58.0 Å². The van der Waals surface area contributed by atoms with Crippen molar-refractivity contribution in [3.63, 3.8) is 0 Å². The van der Waals surface area contributed by atoms with Gasteiger partial charge in [-0.25, -0.2) is 8.42 Å². The van der Waals surface area contributed by atoms with Crippen molar-refractivity contribution in [2.45, 2.75) is 59.7 Å². The van der Waals surface area contributed by atoms with Crippen LogP contribution in [-0.2, 0) is 26.2 Å². The minimum atomic E-state index is -3.74. The molecule has 2 amide bonds. The van der Waals surface area contributed by atoms with E-state index in [0.717, 1.165) is 27.3 Å². The second-order valence-corrected chi connectivity index (χ2v) is 10.6. The average Bonchev–Trinajstić information content (AvgIpc) is 2.71. The third-order valence-corrected chi connectivity index (χ3v) is 6.44. The highest BCUT2D eigenvalue weighted by atomic mass is 32.2. The first-order valence-corrected chi connectivity index (χ1v) is 13.0. The van der Waals surface area contributed by atoms with E-state index in [1.165, 1.54) is 4.90 Å². The van der Waals surface area contributed by atoms with E-state index in [-0.39, 0.29) is 25.0 Å². The molecular weight excluding hydrogens is 438 g/mol. The minimum absolute atomic E-state index is 0.0815. The SMILES string of the molecule is CC[C@@H](C(=O)NC(C)C)N(Cc1cccc(C)c1)C(=O)CN(c1ccccc1C)S(C)(=O)=O. The van der Waals surface area contributed by atoms with Crippen LogP contribution in [0.4, 0.5) is 5.69 Å². The smallest absolute Gasteiger partial charge is 0.244 e. The molecule has 0 fully saturated rings. The monoisotopic (exact) mass is 473 g/mol. The Bertz CT molecular complexity index is 1080. The van der Waals surface area contributed by atoms with Gasteiger partial charge in [-0.2, -0.15) is 0 Å². The van der Waals surface area contributed by atoms with Gasteiger partial charge in [-0.1, -0.05) is 55.0 Å². The number of carbonyl (C=O) groups excluding carboxylic acids is 2. The molecule has 0 saturated heterocycles. The van der Waals surface area contributed by atoms with Crippen LogP contribution in [0.2, 0.25) is 0 Å². The van der Waals surface area contributed by atoms with Crippen LogP contribution >= 0.6 is 0 Å². The van der Waals surface area contributed by atoms with E-state index in [0.29, 0.717) is 12.1 Å². The molecular formula is C25H35N3O4S. The molecule has 1 N–H and O–H groups in total. The fraction of sp³-hybridized carbons (Fsp3) is 0.440. The highest BCUT2D eigenvalue weighted by Crippen LogP contribution is 2.23. The van der Waals surface area contributed by atoms with Gasteiger partial charge in [0.15, 0.2) is 0 Å². The lowest BCUT2D eigenvalue weighted by atomic mass is 10.1. The molecule has 2 aromatic carbocycles.